The van der Waals surface area contributed by atoms with Crippen LogP contribution in [0.3, 0.4) is 0 Å². The number of carboxylic acids is 1. The van der Waals surface area contributed by atoms with E-state index in [0.717, 1.165) is 14.8 Å². The Morgan fingerprint density at radius 3 is 2.50 bits per heavy atom. The maximum atomic E-state index is 11.2. The molecule has 1 N–H and O–H groups in total. The molecule has 0 unspecified atom stereocenters. The quantitative estimate of drug-likeness (QED) is 0.515. The summed E-state index contributed by atoms with van der Waals surface area (Å²) in [5, 5.41) is 12.4. The van der Waals surface area contributed by atoms with Crippen molar-refractivity contribution < 1.29 is 9.90 Å². The lowest BCUT2D eigenvalue weighted by Gasteiger charge is -2.03. The number of aryl methyl sites for hydroxylation is 1. The van der Waals surface area contributed by atoms with Crippen molar-refractivity contribution in [3.63, 3.8) is 0 Å². The molecule has 118 valence electrons. The predicted molar refractivity (Wildman–Crippen MR) is 100 cm³/mol. The minimum atomic E-state index is -0.915. The number of hydrogen-bond donors (Lipinski definition) is 1. The number of benzene rings is 2. The molecule has 2 aromatic carbocycles. The number of aromatic nitrogens is 1. The van der Waals surface area contributed by atoms with Gasteiger partial charge in [0.15, 0.2) is 0 Å². The molecule has 2 aromatic heterocycles. The second kappa shape index (κ2) is 5.85. The van der Waals surface area contributed by atoms with Crippen LogP contribution in [-0.2, 0) is 0 Å². The number of thiazole rings is 1. The smallest absolute Gasteiger partial charge is 0.347 e. The molecule has 4 rings (SSSR count). The highest BCUT2D eigenvalue weighted by Gasteiger charge is 2.16. The van der Waals surface area contributed by atoms with E-state index in [0.29, 0.717) is 10.6 Å². The van der Waals surface area contributed by atoms with Crippen LogP contribution in [-0.4, -0.2) is 16.1 Å². The van der Waals surface area contributed by atoms with Crippen LogP contribution in [0.1, 0.15) is 15.4 Å². The molecule has 0 saturated carbocycles. The number of aromatic carboxylic acids is 1. The topological polar surface area (TPSA) is 50.2 Å². The molecule has 0 atom stereocenters. The molecule has 0 radical (unpaired) electrons. The number of hydrogen-bond acceptors (Lipinski definition) is 4. The van der Waals surface area contributed by atoms with Crippen molar-refractivity contribution in [3.8, 4) is 20.3 Å². The maximum absolute atomic E-state index is 11.2. The Hall–Kier alpha value is -2.50. The Balaban J connectivity index is 1.80. The number of carboxylic acid groups (broad SMARTS) is 1. The van der Waals surface area contributed by atoms with Crippen molar-refractivity contribution in [1.29, 1.82) is 0 Å². The number of nitrogens with zero attached hydrogens (tertiary/aromatic N) is 1. The van der Waals surface area contributed by atoms with Crippen molar-refractivity contribution in [2.75, 3.05) is 0 Å². The van der Waals surface area contributed by atoms with Gasteiger partial charge in [-0.15, -0.1) is 22.7 Å². The third kappa shape index (κ3) is 2.52. The molecule has 0 spiro atoms. The third-order valence-corrected chi connectivity index (χ3v) is 6.30. The fourth-order valence-electron chi connectivity index (χ4n) is 2.74. The second-order valence-corrected chi connectivity index (χ2v) is 7.51. The molecule has 24 heavy (non-hydrogen) atoms. The highest BCUT2D eigenvalue weighted by Crippen LogP contribution is 2.39. The lowest BCUT2D eigenvalue weighted by Crippen LogP contribution is -1.94. The van der Waals surface area contributed by atoms with Crippen molar-refractivity contribution >= 4 is 39.4 Å². The minimum absolute atomic E-state index is 0.310. The Kier molecular flexibility index (Phi) is 3.67. The van der Waals surface area contributed by atoms with Crippen LogP contribution in [0.2, 0.25) is 0 Å². The Labute approximate surface area is 146 Å². The predicted octanol–water partition coefficient (Wildman–Crippen LogP) is 5.70. The van der Waals surface area contributed by atoms with Crippen LogP contribution in [0, 0.1) is 6.92 Å². The summed E-state index contributed by atoms with van der Waals surface area (Å²) < 4.78 is 0. The van der Waals surface area contributed by atoms with E-state index < -0.39 is 5.97 Å². The Morgan fingerprint density at radius 2 is 1.71 bits per heavy atom. The molecule has 2 heterocycles. The highest BCUT2D eigenvalue weighted by atomic mass is 32.1. The standard InChI is InChI=1S/C19H13NO2S2/c1-11-17(19(21)22)24-18(20-11)16-10-9-15(23-16)14-8-4-6-12-5-2-3-7-13(12)14/h2-10H,1H3,(H,21,22). The van der Waals surface area contributed by atoms with Crippen LogP contribution >= 0.6 is 22.7 Å². The summed E-state index contributed by atoms with van der Waals surface area (Å²) in [5.41, 5.74) is 1.76. The van der Waals surface area contributed by atoms with Gasteiger partial charge >= 0.3 is 5.97 Å². The van der Waals surface area contributed by atoms with Crippen molar-refractivity contribution in [1.82, 2.24) is 4.98 Å². The number of rotatable bonds is 3. The summed E-state index contributed by atoms with van der Waals surface area (Å²) in [4.78, 5) is 18.1. The molecule has 0 bridgehead atoms. The van der Waals surface area contributed by atoms with Crippen LogP contribution < -0.4 is 0 Å². The summed E-state index contributed by atoms with van der Waals surface area (Å²) >= 11 is 2.88. The molecule has 0 fully saturated rings. The molecule has 0 aliphatic carbocycles. The van der Waals surface area contributed by atoms with Gasteiger partial charge in [0.05, 0.1) is 10.6 Å². The fourth-order valence-corrected chi connectivity index (χ4v) is 4.74. The molecule has 0 amide bonds. The van der Waals surface area contributed by atoms with Crippen LogP contribution in [0.5, 0.6) is 0 Å². The van der Waals surface area contributed by atoms with Crippen LogP contribution in [0.25, 0.3) is 31.1 Å². The normalized spacial score (nSPS) is 11.0. The van der Waals surface area contributed by atoms with Gasteiger partial charge < -0.3 is 5.11 Å². The van der Waals surface area contributed by atoms with E-state index in [2.05, 4.69) is 41.4 Å². The maximum Gasteiger partial charge on any atom is 0.347 e. The average molecular weight is 351 g/mol. The zero-order valence-corrected chi connectivity index (χ0v) is 14.4. The van der Waals surface area contributed by atoms with Crippen LogP contribution in [0.4, 0.5) is 0 Å². The first-order valence-corrected chi connectivity index (χ1v) is 9.06. The van der Waals surface area contributed by atoms with Gasteiger partial charge in [0, 0.05) is 4.88 Å². The van der Waals surface area contributed by atoms with E-state index in [-0.39, 0.29) is 0 Å². The molecule has 4 aromatic rings. The monoisotopic (exact) mass is 351 g/mol. The Bertz CT molecular complexity index is 1060. The zero-order valence-electron chi connectivity index (χ0n) is 12.8. The zero-order chi connectivity index (χ0) is 16.7. The SMILES string of the molecule is Cc1nc(-c2ccc(-c3cccc4ccccc34)s2)sc1C(=O)O. The largest absolute Gasteiger partial charge is 0.477 e. The Morgan fingerprint density at radius 1 is 0.958 bits per heavy atom. The van der Waals surface area contributed by atoms with Crippen molar-refractivity contribution in [2.45, 2.75) is 6.92 Å². The van der Waals surface area contributed by atoms with E-state index in [1.54, 1.807) is 18.3 Å². The van der Waals surface area contributed by atoms with Crippen molar-refractivity contribution in [2.24, 2.45) is 0 Å². The third-order valence-electron chi connectivity index (χ3n) is 3.86. The summed E-state index contributed by atoms with van der Waals surface area (Å²) in [7, 11) is 0. The lowest BCUT2D eigenvalue weighted by atomic mass is 10.0. The highest BCUT2D eigenvalue weighted by molar-refractivity contribution is 7.24. The molecule has 0 aliphatic heterocycles. The summed E-state index contributed by atoms with van der Waals surface area (Å²) in [5.74, 6) is -0.915. The molecule has 0 aliphatic rings. The van der Waals surface area contributed by atoms with E-state index in [9.17, 15) is 9.90 Å². The summed E-state index contributed by atoms with van der Waals surface area (Å²) in [6.45, 7) is 1.74. The van der Waals surface area contributed by atoms with Gasteiger partial charge in [0.25, 0.3) is 0 Å². The van der Waals surface area contributed by atoms with Gasteiger partial charge in [-0.05, 0) is 35.4 Å². The molecule has 0 saturated heterocycles. The van der Waals surface area contributed by atoms with Crippen molar-refractivity contribution in [3.05, 3.63) is 65.2 Å². The lowest BCUT2D eigenvalue weighted by molar-refractivity contribution is 0.0701. The van der Waals surface area contributed by atoms with E-state index in [4.69, 9.17) is 0 Å². The number of fused-ring (bicyclic) bond motifs is 1. The van der Waals surface area contributed by atoms with Gasteiger partial charge in [-0.1, -0.05) is 42.5 Å². The first-order valence-electron chi connectivity index (χ1n) is 7.42. The van der Waals surface area contributed by atoms with Gasteiger partial charge in [0.1, 0.15) is 9.88 Å². The summed E-state index contributed by atoms with van der Waals surface area (Å²) in [6.07, 6.45) is 0. The first kappa shape index (κ1) is 15.1. The summed E-state index contributed by atoms with van der Waals surface area (Å²) in [6, 6.07) is 18.7. The van der Waals surface area contributed by atoms with E-state index in [1.807, 2.05) is 18.2 Å². The number of thiophene rings is 1. The van der Waals surface area contributed by atoms with Crippen LogP contribution in [0.15, 0.2) is 54.6 Å². The molecule has 5 heteroatoms. The molecular formula is C19H13NO2S2. The molecule has 3 nitrogen and oxygen atoms in total. The van der Waals surface area contributed by atoms with Gasteiger partial charge in [-0.3, -0.25) is 0 Å². The second-order valence-electron chi connectivity index (χ2n) is 5.43. The van der Waals surface area contributed by atoms with Gasteiger partial charge in [-0.25, -0.2) is 9.78 Å². The fraction of sp³-hybridized carbons (Fsp3) is 0.0526. The van der Waals surface area contributed by atoms with E-state index >= 15 is 0 Å². The van der Waals surface area contributed by atoms with Gasteiger partial charge in [-0.2, -0.15) is 0 Å². The first-order chi connectivity index (χ1) is 11.6. The minimum Gasteiger partial charge on any atom is -0.477 e. The van der Waals surface area contributed by atoms with Gasteiger partial charge in [0.2, 0.25) is 0 Å². The molecular weight excluding hydrogens is 338 g/mol. The number of carbonyl (C=O) groups is 1. The van der Waals surface area contributed by atoms with E-state index in [1.165, 1.54) is 27.7 Å². The average Bonchev–Trinajstić information content (AvgIpc) is 3.21.